The van der Waals surface area contributed by atoms with Crippen LogP contribution in [0.4, 0.5) is 13.2 Å². The number of hydrogen-bond acceptors (Lipinski definition) is 3. The Hall–Kier alpha value is -1.07. The first-order valence-electron chi connectivity index (χ1n) is 8.12. The molecule has 1 fully saturated rings. The molecule has 2 N–H and O–H groups in total. The summed E-state index contributed by atoms with van der Waals surface area (Å²) in [4.78, 5) is 4.14. The average Bonchev–Trinajstić information content (AvgIpc) is 2.62. The fraction of sp³-hybridized carbons (Fsp3) is 0.588. The third-order valence-corrected chi connectivity index (χ3v) is 4.38. The summed E-state index contributed by atoms with van der Waals surface area (Å²) in [5.41, 5.74) is -0.201. The second-order valence-electron chi connectivity index (χ2n) is 5.97. The maximum atomic E-state index is 12.6. The van der Waals surface area contributed by atoms with Crippen molar-refractivity contribution >= 4 is 29.9 Å². The topological polar surface area (TPSA) is 54.9 Å². The van der Waals surface area contributed by atoms with E-state index in [9.17, 15) is 13.2 Å². The van der Waals surface area contributed by atoms with Gasteiger partial charge in [-0.2, -0.15) is 13.2 Å². The Kier molecular flexibility index (Phi) is 9.11. The molecular formula is C17H25F3IN3O2. The Bertz CT molecular complexity index is 574. The van der Waals surface area contributed by atoms with Crippen LogP contribution in [-0.2, 0) is 22.2 Å². The highest BCUT2D eigenvalue weighted by Crippen LogP contribution is 2.29. The van der Waals surface area contributed by atoms with E-state index < -0.39 is 11.7 Å². The Balaban J connectivity index is 0.00000338. The SMILES string of the molecule is CN=C(NCc1ccc(C(F)(F)F)cc1)NCC1(OC)CCOCC1.I. The second-order valence-corrected chi connectivity index (χ2v) is 5.97. The summed E-state index contributed by atoms with van der Waals surface area (Å²) < 4.78 is 48.7. The first-order chi connectivity index (χ1) is 11.9. The number of halogens is 4. The van der Waals surface area contributed by atoms with Gasteiger partial charge >= 0.3 is 6.18 Å². The predicted octanol–water partition coefficient (Wildman–Crippen LogP) is 3.18. The van der Waals surface area contributed by atoms with E-state index in [0.717, 1.165) is 30.5 Å². The van der Waals surface area contributed by atoms with Crippen molar-refractivity contribution in [3.8, 4) is 0 Å². The lowest BCUT2D eigenvalue weighted by molar-refractivity contribution is -0.137. The Morgan fingerprint density at radius 1 is 1.19 bits per heavy atom. The molecule has 0 aromatic heterocycles. The molecule has 1 aliphatic heterocycles. The Morgan fingerprint density at radius 3 is 2.31 bits per heavy atom. The van der Waals surface area contributed by atoms with Gasteiger partial charge < -0.3 is 20.1 Å². The van der Waals surface area contributed by atoms with Gasteiger partial charge in [-0.1, -0.05) is 12.1 Å². The molecule has 1 aromatic rings. The van der Waals surface area contributed by atoms with Crippen molar-refractivity contribution in [2.24, 2.45) is 4.99 Å². The first kappa shape index (κ1) is 23.0. The maximum absolute atomic E-state index is 12.6. The monoisotopic (exact) mass is 487 g/mol. The van der Waals surface area contributed by atoms with Crippen LogP contribution in [0, 0.1) is 0 Å². The second kappa shape index (κ2) is 10.3. The number of benzene rings is 1. The van der Waals surface area contributed by atoms with Gasteiger partial charge in [0.05, 0.1) is 11.2 Å². The largest absolute Gasteiger partial charge is 0.416 e. The molecular weight excluding hydrogens is 462 g/mol. The quantitative estimate of drug-likeness (QED) is 0.381. The van der Waals surface area contributed by atoms with Crippen molar-refractivity contribution in [1.82, 2.24) is 10.6 Å². The lowest BCUT2D eigenvalue weighted by Gasteiger charge is -2.36. The molecule has 1 aromatic carbocycles. The summed E-state index contributed by atoms with van der Waals surface area (Å²) in [6, 6.07) is 5.07. The number of guanidine groups is 1. The number of nitrogens with one attached hydrogen (secondary N) is 2. The minimum atomic E-state index is -4.32. The molecule has 0 amide bonds. The number of aliphatic imine (C=N–C) groups is 1. The van der Waals surface area contributed by atoms with Crippen molar-refractivity contribution < 1.29 is 22.6 Å². The third kappa shape index (κ3) is 6.58. The van der Waals surface area contributed by atoms with Gasteiger partial charge in [0, 0.05) is 53.3 Å². The van der Waals surface area contributed by atoms with Gasteiger partial charge in [-0.05, 0) is 17.7 Å². The van der Waals surface area contributed by atoms with Crippen molar-refractivity contribution in [2.75, 3.05) is 33.9 Å². The Labute approximate surface area is 168 Å². The van der Waals surface area contributed by atoms with E-state index in [1.807, 2.05) is 0 Å². The zero-order valence-electron chi connectivity index (χ0n) is 14.9. The number of ether oxygens (including phenoxy) is 2. The van der Waals surface area contributed by atoms with Crippen LogP contribution >= 0.6 is 24.0 Å². The number of nitrogens with zero attached hydrogens (tertiary/aromatic N) is 1. The van der Waals surface area contributed by atoms with Crippen LogP contribution in [0.1, 0.15) is 24.0 Å². The molecule has 0 aliphatic carbocycles. The lowest BCUT2D eigenvalue weighted by atomic mass is 9.94. The van der Waals surface area contributed by atoms with E-state index in [4.69, 9.17) is 9.47 Å². The van der Waals surface area contributed by atoms with Crippen LogP contribution in [0.25, 0.3) is 0 Å². The third-order valence-electron chi connectivity index (χ3n) is 4.38. The van der Waals surface area contributed by atoms with Crippen LogP contribution in [0.15, 0.2) is 29.3 Å². The molecule has 0 spiro atoms. The summed E-state index contributed by atoms with van der Waals surface area (Å²) in [7, 11) is 3.33. The fourth-order valence-corrected chi connectivity index (χ4v) is 2.66. The van der Waals surface area contributed by atoms with E-state index in [1.54, 1.807) is 14.2 Å². The van der Waals surface area contributed by atoms with Crippen molar-refractivity contribution in [2.45, 2.75) is 31.2 Å². The highest BCUT2D eigenvalue weighted by atomic mass is 127. The summed E-state index contributed by atoms with van der Waals surface area (Å²) >= 11 is 0. The molecule has 0 saturated carbocycles. The van der Waals surface area contributed by atoms with Crippen molar-refractivity contribution in [3.05, 3.63) is 35.4 Å². The highest BCUT2D eigenvalue weighted by Gasteiger charge is 2.32. The molecule has 148 valence electrons. The van der Waals surface area contributed by atoms with Gasteiger partial charge in [0.1, 0.15) is 0 Å². The Morgan fingerprint density at radius 2 is 1.81 bits per heavy atom. The van der Waals surface area contributed by atoms with Gasteiger partial charge in [0.25, 0.3) is 0 Å². The van der Waals surface area contributed by atoms with E-state index in [2.05, 4.69) is 15.6 Å². The molecule has 2 rings (SSSR count). The van der Waals surface area contributed by atoms with Gasteiger partial charge in [-0.25, -0.2) is 0 Å². The van der Waals surface area contributed by atoms with Crippen LogP contribution in [0.3, 0.4) is 0 Å². The molecule has 1 saturated heterocycles. The first-order valence-corrected chi connectivity index (χ1v) is 8.12. The van der Waals surface area contributed by atoms with E-state index in [1.165, 1.54) is 12.1 Å². The van der Waals surface area contributed by atoms with Crippen LogP contribution < -0.4 is 10.6 Å². The van der Waals surface area contributed by atoms with E-state index >= 15 is 0 Å². The molecule has 0 atom stereocenters. The minimum Gasteiger partial charge on any atom is -0.381 e. The zero-order valence-corrected chi connectivity index (χ0v) is 17.2. The summed E-state index contributed by atoms with van der Waals surface area (Å²) in [5.74, 6) is 0.572. The van der Waals surface area contributed by atoms with Gasteiger partial charge in [0.2, 0.25) is 0 Å². The van der Waals surface area contributed by atoms with Gasteiger partial charge in [-0.3, -0.25) is 4.99 Å². The van der Waals surface area contributed by atoms with Crippen LogP contribution in [0.5, 0.6) is 0 Å². The zero-order chi connectivity index (χ0) is 18.3. The van der Waals surface area contributed by atoms with E-state index in [-0.39, 0.29) is 29.6 Å². The number of rotatable bonds is 5. The maximum Gasteiger partial charge on any atom is 0.416 e. The number of methoxy groups -OCH3 is 1. The van der Waals surface area contributed by atoms with Crippen LogP contribution in [0.2, 0.25) is 0 Å². The highest BCUT2D eigenvalue weighted by molar-refractivity contribution is 14.0. The summed E-state index contributed by atoms with van der Waals surface area (Å²) in [5, 5.41) is 6.31. The average molecular weight is 487 g/mol. The van der Waals surface area contributed by atoms with Crippen molar-refractivity contribution in [1.29, 1.82) is 0 Å². The smallest absolute Gasteiger partial charge is 0.381 e. The minimum absolute atomic E-state index is 0. The molecule has 9 heteroatoms. The van der Waals surface area contributed by atoms with E-state index in [0.29, 0.717) is 32.3 Å². The van der Waals surface area contributed by atoms with Crippen molar-refractivity contribution in [3.63, 3.8) is 0 Å². The molecule has 1 heterocycles. The van der Waals surface area contributed by atoms with Crippen LogP contribution in [-0.4, -0.2) is 45.5 Å². The normalized spacial score (nSPS) is 17.3. The predicted molar refractivity (Wildman–Crippen MR) is 105 cm³/mol. The summed E-state index contributed by atoms with van der Waals surface area (Å²) in [6.07, 6.45) is -2.72. The molecule has 26 heavy (non-hydrogen) atoms. The summed E-state index contributed by atoms with van der Waals surface area (Å²) in [6.45, 7) is 2.28. The molecule has 0 unspecified atom stereocenters. The lowest BCUT2D eigenvalue weighted by Crippen LogP contribution is -2.50. The van der Waals surface area contributed by atoms with Gasteiger partial charge in [0.15, 0.2) is 5.96 Å². The number of hydrogen-bond donors (Lipinski definition) is 2. The fourth-order valence-electron chi connectivity index (χ4n) is 2.66. The molecule has 5 nitrogen and oxygen atoms in total. The molecule has 0 bridgehead atoms. The standard InChI is InChI=1S/C17H24F3N3O2.HI/c1-21-15(23-12-16(24-2)7-9-25-10-8-16)22-11-13-3-5-14(6-4-13)17(18,19)20;/h3-6H,7-12H2,1-2H3,(H2,21,22,23);1H. The number of alkyl halides is 3. The van der Waals surface area contributed by atoms with Gasteiger partial charge in [-0.15, -0.1) is 24.0 Å². The molecule has 0 radical (unpaired) electrons. The molecule has 1 aliphatic rings.